The first-order valence-electron chi connectivity index (χ1n) is 6.00. The summed E-state index contributed by atoms with van der Waals surface area (Å²) in [6.45, 7) is 2.16. The van der Waals surface area contributed by atoms with E-state index in [9.17, 15) is 0 Å². The molecule has 2 N–H and O–H groups in total. The predicted octanol–water partition coefficient (Wildman–Crippen LogP) is 2.22. The van der Waals surface area contributed by atoms with Gasteiger partial charge in [-0.2, -0.15) is 0 Å². The van der Waals surface area contributed by atoms with Gasteiger partial charge in [-0.15, -0.1) is 0 Å². The van der Waals surface area contributed by atoms with Crippen LogP contribution in [0.15, 0.2) is 36.8 Å². The topological polar surface area (TPSA) is 43.8 Å². The van der Waals surface area contributed by atoms with Crippen LogP contribution in [0, 0.1) is 0 Å². The Balaban J connectivity index is 2.07. The Labute approximate surface area is 102 Å². The number of aromatic nitrogens is 2. The van der Waals surface area contributed by atoms with E-state index in [1.165, 1.54) is 11.1 Å². The van der Waals surface area contributed by atoms with Crippen LogP contribution in [0.4, 0.5) is 0 Å². The van der Waals surface area contributed by atoms with Crippen LogP contribution in [-0.2, 0) is 19.9 Å². The van der Waals surface area contributed by atoms with E-state index in [2.05, 4.69) is 36.2 Å². The smallest absolute Gasteiger partial charge is 0.0946 e. The fraction of sp³-hybridized carbons (Fsp3) is 0.357. The zero-order chi connectivity index (χ0) is 12.3. The average Bonchev–Trinajstić information content (AvgIpc) is 2.76. The lowest BCUT2D eigenvalue weighted by Gasteiger charge is -2.12. The van der Waals surface area contributed by atoms with Crippen molar-refractivity contribution in [1.29, 1.82) is 0 Å². The molecule has 17 heavy (non-hydrogen) atoms. The predicted molar refractivity (Wildman–Crippen MR) is 69.7 cm³/mol. The second-order valence-corrected chi connectivity index (χ2v) is 4.41. The van der Waals surface area contributed by atoms with E-state index < -0.39 is 0 Å². The van der Waals surface area contributed by atoms with Crippen molar-refractivity contribution in [2.24, 2.45) is 12.8 Å². The van der Waals surface area contributed by atoms with Crippen molar-refractivity contribution in [2.45, 2.75) is 25.8 Å². The van der Waals surface area contributed by atoms with E-state index in [1.54, 1.807) is 6.33 Å². The van der Waals surface area contributed by atoms with Crippen LogP contribution in [-0.4, -0.2) is 9.55 Å². The van der Waals surface area contributed by atoms with Gasteiger partial charge in [0.25, 0.3) is 0 Å². The van der Waals surface area contributed by atoms with Crippen LogP contribution in [0.2, 0.25) is 0 Å². The van der Waals surface area contributed by atoms with E-state index in [0.29, 0.717) is 0 Å². The molecular formula is C14H19N3. The number of aryl methyl sites for hydroxylation is 2. The lowest BCUT2D eigenvalue weighted by Crippen LogP contribution is -2.16. The third kappa shape index (κ3) is 2.74. The number of nitrogens with zero attached hydrogens (tertiary/aromatic N) is 2. The van der Waals surface area contributed by atoms with Crippen LogP contribution in [0.3, 0.4) is 0 Å². The fourth-order valence-corrected chi connectivity index (χ4v) is 1.99. The van der Waals surface area contributed by atoms with Crippen molar-refractivity contribution in [3.63, 3.8) is 0 Å². The second kappa shape index (κ2) is 5.15. The summed E-state index contributed by atoms with van der Waals surface area (Å²) in [7, 11) is 1.97. The summed E-state index contributed by atoms with van der Waals surface area (Å²) in [5.74, 6) is 0. The summed E-state index contributed by atoms with van der Waals surface area (Å²) < 4.78 is 1.98. The molecule has 0 aliphatic heterocycles. The molecular weight excluding hydrogens is 210 g/mol. The van der Waals surface area contributed by atoms with Crippen molar-refractivity contribution in [3.05, 3.63) is 53.6 Å². The molecule has 1 aromatic heterocycles. The molecule has 0 saturated heterocycles. The van der Waals surface area contributed by atoms with Crippen LogP contribution in [0.5, 0.6) is 0 Å². The number of nitrogens with two attached hydrogens (primary N) is 1. The Morgan fingerprint density at radius 3 is 2.41 bits per heavy atom. The maximum atomic E-state index is 6.18. The monoisotopic (exact) mass is 229 g/mol. The number of hydrogen-bond donors (Lipinski definition) is 1. The highest BCUT2D eigenvalue weighted by atomic mass is 15.0. The summed E-state index contributed by atoms with van der Waals surface area (Å²) >= 11 is 0. The van der Waals surface area contributed by atoms with E-state index in [1.807, 2.05) is 17.8 Å². The molecule has 0 spiro atoms. The number of rotatable bonds is 4. The molecule has 2 rings (SSSR count). The highest BCUT2D eigenvalue weighted by Gasteiger charge is 2.10. The molecule has 1 unspecified atom stereocenters. The van der Waals surface area contributed by atoms with Gasteiger partial charge in [-0.1, -0.05) is 31.2 Å². The van der Waals surface area contributed by atoms with Gasteiger partial charge in [0.05, 0.1) is 18.1 Å². The van der Waals surface area contributed by atoms with Gasteiger partial charge in [0, 0.05) is 13.2 Å². The third-order valence-corrected chi connectivity index (χ3v) is 3.12. The van der Waals surface area contributed by atoms with Crippen molar-refractivity contribution >= 4 is 0 Å². The molecule has 0 radical (unpaired) electrons. The summed E-state index contributed by atoms with van der Waals surface area (Å²) in [6.07, 6.45) is 5.55. The van der Waals surface area contributed by atoms with Crippen LogP contribution >= 0.6 is 0 Å². The van der Waals surface area contributed by atoms with Gasteiger partial charge in [0.15, 0.2) is 0 Å². The average molecular weight is 229 g/mol. The number of hydrogen-bond acceptors (Lipinski definition) is 2. The van der Waals surface area contributed by atoms with E-state index in [0.717, 1.165) is 18.5 Å². The Morgan fingerprint density at radius 1 is 1.24 bits per heavy atom. The zero-order valence-electron chi connectivity index (χ0n) is 10.4. The highest BCUT2D eigenvalue weighted by Crippen LogP contribution is 2.15. The quantitative estimate of drug-likeness (QED) is 0.873. The molecule has 0 aliphatic rings. The number of benzene rings is 1. The first-order chi connectivity index (χ1) is 8.20. The third-order valence-electron chi connectivity index (χ3n) is 3.12. The molecule has 90 valence electrons. The molecule has 0 amide bonds. The highest BCUT2D eigenvalue weighted by molar-refractivity contribution is 5.24. The van der Waals surface area contributed by atoms with Gasteiger partial charge in [0.1, 0.15) is 0 Å². The van der Waals surface area contributed by atoms with E-state index >= 15 is 0 Å². The van der Waals surface area contributed by atoms with Gasteiger partial charge >= 0.3 is 0 Å². The van der Waals surface area contributed by atoms with Crippen molar-refractivity contribution < 1.29 is 0 Å². The molecule has 3 nitrogen and oxygen atoms in total. The summed E-state index contributed by atoms with van der Waals surface area (Å²) in [5.41, 5.74) is 9.89. The standard InChI is InChI=1S/C14H19N3/c1-3-11-4-6-12(7-5-11)8-13(15)14-9-16-10-17(14)2/h4-7,9-10,13H,3,8,15H2,1-2H3. The normalized spacial score (nSPS) is 12.6. The molecule has 0 fully saturated rings. The molecule has 1 aromatic carbocycles. The van der Waals surface area contributed by atoms with E-state index in [-0.39, 0.29) is 6.04 Å². The summed E-state index contributed by atoms with van der Waals surface area (Å²) in [4.78, 5) is 4.09. The van der Waals surface area contributed by atoms with Crippen LogP contribution < -0.4 is 5.73 Å². The maximum absolute atomic E-state index is 6.18. The minimum atomic E-state index is 0.00924. The van der Waals surface area contributed by atoms with Gasteiger partial charge in [0.2, 0.25) is 0 Å². The Bertz CT molecular complexity index is 470. The van der Waals surface area contributed by atoms with Crippen molar-refractivity contribution in [1.82, 2.24) is 9.55 Å². The Kier molecular flexibility index (Phi) is 3.59. The molecule has 2 aromatic rings. The first kappa shape index (κ1) is 11.9. The molecule has 1 heterocycles. The minimum Gasteiger partial charge on any atom is -0.336 e. The first-order valence-corrected chi connectivity index (χ1v) is 6.00. The Morgan fingerprint density at radius 2 is 1.88 bits per heavy atom. The van der Waals surface area contributed by atoms with Gasteiger partial charge in [-0.25, -0.2) is 4.98 Å². The lowest BCUT2D eigenvalue weighted by molar-refractivity contribution is 0.656. The second-order valence-electron chi connectivity index (χ2n) is 4.41. The molecule has 0 saturated carbocycles. The maximum Gasteiger partial charge on any atom is 0.0946 e. The summed E-state index contributed by atoms with van der Waals surface area (Å²) in [5, 5.41) is 0. The molecule has 0 bridgehead atoms. The van der Waals surface area contributed by atoms with Gasteiger partial charge in [-0.05, 0) is 24.0 Å². The van der Waals surface area contributed by atoms with Gasteiger partial charge in [-0.3, -0.25) is 0 Å². The van der Waals surface area contributed by atoms with Crippen LogP contribution in [0.25, 0.3) is 0 Å². The van der Waals surface area contributed by atoms with E-state index in [4.69, 9.17) is 5.73 Å². The molecule has 3 heteroatoms. The van der Waals surface area contributed by atoms with Crippen LogP contribution in [0.1, 0.15) is 29.8 Å². The zero-order valence-corrected chi connectivity index (χ0v) is 10.4. The minimum absolute atomic E-state index is 0.00924. The molecule has 1 atom stereocenters. The summed E-state index contributed by atoms with van der Waals surface area (Å²) in [6, 6.07) is 8.68. The fourth-order valence-electron chi connectivity index (χ4n) is 1.99. The van der Waals surface area contributed by atoms with Gasteiger partial charge < -0.3 is 10.3 Å². The van der Waals surface area contributed by atoms with Crippen molar-refractivity contribution in [2.75, 3.05) is 0 Å². The largest absolute Gasteiger partial charge is 0.336 e. The number of imidazole rings is 1. The lowest BCUT2D eigenvalue weighted by atomic mass is 10.0. The van der Waals surface area contributed by atoms with Crippen molar-refractivity contribution in [3.8, 4) is 0 Å². The SMILES string of the molecule is CCc1ccc(CC(N)c2cncn2C)cc1. The Hall–Kier alpha value is -1.61. The molecule has 0 aliphatic carbocycles.